The van der Waals surface area contributed by atoms with Crippen molar-refractivity contribution in [3.63, 3.8) is 0 Å². The van der Waals surface area contributed by atoms with Crippen molar-refractivity contribution in [2.45, 2.75) is 57.4 Å². The van der Waals surface area contributed by atoms with Crippen molar-refractivity contribution in [1.82, 2.24) is 14.3 Å². The summed E-state index contributed by atoms with van der Waals surface area (Å²) in [6, 6.07) is 7.33. The Bertz CT molecular complexity index is 951. The summed E-state index contributed by atoms with van der Waals surface area (Å²) in [5, 5.41) is 0. The van der Waals surface area contributed by atoms with E-state index in [4.69, 9.17) is 4.98 Å². The number of nitrogens with zero attached hydrogens (tertiary/aromatic N) is 4. The van der Waals surface area contributed by atoms with Gasteiger partial charge in [0.25, 0.3) is 0 Å². The third-order valence-corrected chi connectivity index (χ3v) is 7.59. The second-order valence-corrected chi connectivity index (χ2v) is 10.5. The molecule has 0 saturated carbocycles. The fourth-order valence-electron chi connectivity index (χ4n) is 4.15. The standard InChI is InChI=1S/C22H30N4O2S/c1-17(2)14-18-6-8-20(9-7-18)29(27,28)26-13-10-21-19(16-26)15-23-22(24-21)25-11-4-3-5-12-25/h6-9,15,17H,3-5,10-14,16H2,1-2H3. The molecule has 1 fully saturated rings. The second kappa shape index (κ2) is 8.40. The number of sulfonamides is 1. The molecule has 1 aromatic carbocycles. The highest BCUT2D eigenvalue weighted by Gasteiger charge is 2.29. The number of benzene rings is 1. The number of rotatable bonds is 5. The van der Waals surface area contributed by atoms with Gasteiger partial charge in [-0.15, -0.1) is 0 Å². The van der Waals surface area contributed by atoms with Crippen LogP contribution in [0, 0.1) is 5.92 Å². The first kappa shape index (κ1) is 20.3. The van der Waals surface area contributed by atoms with Gasteiger partial charge in [0.1, 0.15) is 0 Å². The maximum absolute atomic E-state index is 13.1. The van der Waals surface area contributed by atoms with Gasteiger partial charge in [-0.2, -0.15) is 4.31 Å². The van der Waals surface area contributed by atoms with Crippen LogP contribution in [-0.2, 0) is 29.4 Å². The minimum Gasteiger partial charge on any atom is -0.341 e. The van der Waals surface area contributed by atoms with Crippen LogP contribution in [0.1, 0.15) is 49.9 Å². The first-order chi connectivity index (χ1) is 13.9. The third kappa shape index (κ3) is 4.46. The average Bonchev–Trinajstić information content (AvgIpc) is 2.73. The summed E-state index contributed by atoms with van der Waals surface area (Å²) in [4.78, 5) is 11.9. The summed E-state index contributed by atoms with van der Waals surface area (Å²) in [7, 11) is -3.51. The molecule has 156 valence electrons. The quantitative estimate of drug-likeness (QED) is 0.750. The Hall–Kier alpha value is -1.99. The molecule has 0 aliphatic carbocycles. The smallest absolute Gasteiger partial charge is 0.243 e. The molecule has 0 N–H and O–H groups in total. The minimum atomic E-state index is -3.51. The van der Waals surface area contributed by atoms with E-state index in [0.29, 0.717) is 30.3 Å². The molecule has 0 radical (unpaired) electrons. The highest BCUT2D eigenvalue weighted by Crippen LogP contribution is 2.26. The van der Waals surface area contributed by atoms with E-state index < -0.39 is 10.0 Å². The predicted octanol–water partition coefficient (Wildman–Crippen LogP) is 3.41. The summed E-state index contributed by atoms with van der Waals surface area (Å²) < 4.78 is 27.8. The summed E-state index contributed by atoms with van der Waals surface area (Å²) in [6.07, 6.45) is 7.04. The van der Waals surface area contributed by atoms with E-state index in [9.17, 15) is 8.42 Å². The molecule has 7 heteroatoms. The molecule has 0 amide bonds. The molecule has 2 aliphatic rings. The number of fused-ring (bicyclic) bond motifs is 1. The average molecular weight is 415 g/mol. The predicted molar refractivity (Wildman–Crippen MR) is 114 cm³/mol. The van der Waals surface area contributed by atoms with Crippen LogP contribution in [0.25, 0.3) is 0 Å². The fourth-order valence-corrected chi connectivity index (χ4v) is 5.57. The molecule has 0 bridgehead atoms. The Kier molecular flexibility index (Phi) is 5.88. The zero-order valence-corrected chi connectivity index (χ0v) is 18.2. The number of piperidine rings is 1. The number of anilines is 1. The van der Waals surface area contributed by atoms with E-state index in [1.54, 1.807) is 16.4 Å². The highest BCUT2D eigenvalue weighted by molar-refractivity contribution is 7.89. The lowest BCUT2D eigenvalue weighted by molar-refractivity contribution is 0.386. The molecule has 0 unspecified atom stereocenters. The van der Waals surface area contributed by atoms with E-state index >= 15 is 0 Å². The van der Waals surface area contributed by atoms with Crippen LogP contribution >= 0.6 is 0 Å². The van der Waals surface area contributed by atoms with E-state index in [-0.39, 0.29) is 0 Å². The van der Waals surface area contributed by atoms with E-state index in [0.717, 1.165) is 36.7 Å². The molecular formula is C22H30N4O2S. The molecule has 0 spiro atoms. The Morgan fingerprint density at radius 2 is 1.76 bits per heavy atom. The van der Waals surface area contributed by atoms with Crippen LogP contribution in [0.15, 0.2) is 35.4 Å². The minimum absolute atomic E-state index is 0.339. The molecule has 1 saturated heterocycles. The van der Waals surface area contributed by atoms with Crippen LogP contribution in [0.2, 0.25) is 0 Å². The van der Waals surface area contributed by atoms with Crippen molar-refractivity contribution < 1.29 is 8.42 Å². The van der Waals surface area contributed by atoms with Crippen LogP contribution in [0.4, 0.5) is 5.95 Å². The van der Waals surface area contributed by atoms with Gasteiger partial charge in [0.2, 0.25) is 16.0 Å². The van der Waals surface area contributed by atoms with Gasteiger partial charge in [-0.1, -0.05) is 26.0 Å². The van der Waals surface area contributed by atoms with Crippen LogP contribution in [0.3, 0.4) is 0 Å². The van der Waals surface area contributed by atoms with Crippen molar-refractivity contribution in [2.75, 3.05) is 24.5 Å². The molecule has 3 heterocycles. The number of hydrogen-bond donors (Lipinski definition) is 0. The van der Waals surface area contributed by atoms with Gasteiger partial charge in [-0.05, 0) is 49.3 Å². The first-order valence-corrected chi connectivity index (χ1v) is 12.1. The Morgan fingerprint density at radius 3 is 2.45 bits per heavy atom. The van der Waals surface area contributed by atoms with Gasteiger partial charge in [-0.25, -0.2) is 18.4 Å². The summed E-state index contributed by atoms with van der Waals surface area (Å²) in [5.41, 5.74) is 3.07. The molecule has 2 aliphatic heterocycles. The molecule has 4 rings (SSSR count). The first-order valence-electron chi connectivity index (χ1n) is 10.6. The van der Waals surface area contributed by atoms with Crippen molar-refractivity contribution in [1.29, 1.82) is 0 Å². The van der Waals surface area contributed by atoms with Gasteiger partial charge >= 0.3 is 0 Å². The Labute approximate surface area is 174 Å². The van der Waals surface area contributed by atoms with Gasteiger partial charge < -0.3 is 4.90 Å². The topological polar surface area (TPSA) is 66.4 Å². The monoisotopic (exact) mass is 414 g/mol. The fraction of sp³-hybridized carbons (Fsp3) is 0.545. The lowest BCUT2D eigenvalue weighted by Gasteiger charge is -2.30. The highest BCUT2D eigenvalue weighted by atomic mass is 32.2. The lowest BCUT2D eigenvalue weighted by atomic mass is 10.0. The molecule has 29 heavy (non-hydrogen) atoms. The Balaban J connectivity index is 1.50. The molecule has 2 aromatic rings. The van der Waals surface area contributed by atoms with Gasteiger partial charge in [-0.3, -0.25) is 0 Å². The zero-order chi connectivity index (χ0) is 20.4. The summed E-state index contributed by atoms with van der Waals surface area (Å²) in [6.45, 7) is 7.13. The molecule has 0 atom stereocenters. The van der Waals surface area contributed by atoms with Crippen LogP contribution in [0.5, 0.6) is 0 Å². The maximum atomic E-state index is 13.1. The van der Waals surface area contributed by atoms with E-state index in [1.807, 2.05) is 18.3 Å². The normalized spacial score (nSPS) is 18.1. The third-order valence-electron chi connectivity index (χ3n) is 5.73. The van der Waals surface area contributed by atoms with Crippen LogP contribution < -0.4 is 4.90 Å². The largest absolute Gasteiger partial charge is 0.341 e. The van der Waals surface area contributed by atoms with Crippen molar-refractivity contribution in [2.24, 2.45) is 5.92 Å². The number of hydrogen-bond acceptors (Lipinski definition) is 5. The summed E-state index contributed by atoms with van der Waals surface area (Å²) >= 11 is 0. The van der Waals surface area contributed by atoms with Gasteiger partial charge in [0, 0.05) is 44.4 Å². The number of aromatic nitrogens is 2. The lowest BCUT2D eigenvalue weighted by Crippen LogP contribution is -2.37. The summed E-state index contributed by atoms with van der Waals surface area (Å²) in [5.74, 6) is 1.34. The maximum Gasteiger partial charge on any atom is 0.243 e. The van der Waals surface area contributed by atoms with Gasteiger partial charge in [0.05, 0.1) is 10.6 Å². The van der Waals surface area contributed by atoms with Crippen molar-refractivity contribution >= 4 is 16.0 Å². The molecular weight excluding hydrogens is 384 g/mol. The second-order valence-electron chi connectivity index (χ2n) is 8.52. The molecule has 1 aromatic heterocycles. The Morgan fingerprint density at radius 1 is 1.03 bits per heavy atom. The van der Waals surface area contributed by atoms with Crippen molar-refractivity contribution in [3.8, 4) is 0 Å². The van der Waals surface area contributed by atoms with Crippen LogP contribution in [-0.4, -0.2) is 42.3 Å². The van der Waals surface area contributed by atoms with E-state index in [2.05, 4.69) is 23.7 Å². The van der Waals surface area contributed by atoms with Crippen molar-refractivity contribution in [3.05, 3.63) is 47.3 Å². The van der Waals surface area contributed by atoms with Gasteiger partial charge in [0.15, 0.2) is 0 Å². The zero-order valence-electron chi connectivity index (χ0n) is 17.3. The van der Waals surface area contributed by atoms with E-state index in [1.165, 1.54) is 24.8 Å². The SMILES string of the molecule is CC(C)Cc1ccc(S(=O)(=O)N2CCc3nc(N4CCCCC4)ncc3C2)cc1. The molecule has 6 nitrogen and oxygen atoms in total.